The van der Waals surface area contributed by atoms with Gasteiger partial charge in [-0.2, -0.15) is 0 Å². The summed E-state index contributed by atoms with van der Waals surface area (Å²) in [5, 5.41) is 2.73. The Labute approximate surface area is 196 Å². The number of likely N-dealkylation sites (N-methyl/N-ethyl adjacent to an activating group) is 1. The summed E-state index contributed by atoms with van der Waals surface area (Å²) < 4.78 is 5.89. The van der Waals surface area contributed by atoms with Gasteiger partial charge in [-0.3, -0.25) is 9.59 Å². The Morgan fingerprint density at radius 2 is 1.58 bits per heavy atom. The molecule has 33 heavy (non-hydrogen) atoms. The number of nitrogens with zero attached hydrogens (tertiary/aromatic N) is 1. The molecule has 2 amide bonds. The Hall–Kier alpha value is -3.60. The molecule has 1 N–H and O–H groups in total. The molecule has 5 heteroatoms. The lowest BCUT2D eigenvalue weighted by molar-refractivity contribution is -0.142. The standard InChI is InChI=1S/C28H32N2O3/c1-20-9-8-12-24(16-20)18-30(25(28(32)29-4)17-23-10-6-5-7-11-23)27(31)19-33-26-14-13-21(2)15-22(26)3/h5-16,25H,17-19H2,1-4H3,(H,29,32). The number of rotatable bonds is 9. The quantitative estimate of drug-likeness (QED) is 0.533. The molecule has 1 atom stereocenters. The van der Waals surface area contributed by atoms with Gasteiger partial charge in [0.05, 0.1) is 0 Å². The summed E-state index contributed by atoms with van der Waals surface area (Å²) >= 11 is 0. The molecule has 5 nitrogen and oxygen atoms in total. The van der Waals surface area contributed by atoms with E-state index in [1.54, 1.807) is 11.9 Å². The summed E-state index contributed by atoms with van der Waals surface area (Å²) in [6, 6.07) is 22.9. The van der Waals surface area contributed by atoms with Gasteiger partial charge in [-0.1, -0.05) is 77.9 Å². The molecular formula is C28H32N2O3. The average Bonchev–Trinajstić information content (AvgIpc) is 2.81. The van der Waals surface area contributed by atoms with Gasteiger partial charge in [0.25, 0.3) is 5.91 Å². The first-order chi connectivity index (χ1) is 15.9. The van der Waals surface area contributed by atoms with E-state index in [0.717, 1.165) is 27.8 Å². The van der Waals surface area contributed by atoms with Crippen molar-refractivity contribution in [3.8, 4) is 5.75 Å². The molecule has 3 rings (SSSR count). The number of hydrogen-bond acceptors (Lipinski definition) is 3. The fourth-order valence-electron chi connectivity index (χ4n) is 3.91. The first kappa shape index (κ1) is 24.1. The number of hydrogen-bond donors (Lipinski definition) is 1. The van der Waals surface area contributed by atoms with Crippen molar-refractivity contribution in [3.05, 3.63) is 101 Å². The van der Waals surface area contributed by atoms with E-state index in [9.17, 15) is 9.59 Å². The topological polar surface area (TPSA) is 58.6 Å². The van der Waals surface area contributed by atoms with Crippen LogP contribution >= 0.6 is 0 Å². The molecule has 0 spiro atoms. The lowest BCUT2D eigenvalue weighted by Gasteiger charge is -2.31. The number of carbonyl (C=O) groups is 2. The molecule has 172 valence electrons. The van der Waals surface area contributed by atoms with Gasteiger partial charge in [0.2, 0.25) is 5.91 Å². The van der Waals surface area contributed by atoms with Crippen molar-refractivity contribution < 1.29 is 14.3 Å². The minimum absolute atomic E-state index is 0.141. The van der Waals surface area contributed by atoms with E-state index >= 15 is 0 Å². The van der Waals surface area contributed by atoms with Crippen molar-refractivity contribution in [1.29, 1.82) is 0 Å². The molecule has 0 aliphatic rings. The van der Waals surface area contributed by atoms with Crippen LogP contribution in [0.1, 0.15) is 27.8 Å². The molecular weight excluding hydrogens is 412 g/mol. The molecule has 0 saturated heterocycles. The number of nitrogens with one attached hydrogen (secondary N) is 1. The van der Waals surface area contributed by atoms with Crippen LogP contribution in [0.25, 0.3) is 0 Å². The van der Waals surface area contributed by atoms with E-state index in [0.29, 0.717) is 18.7 Å². The summed E-state index contributed by atoms with van der Waals surface area (Å²) in [7, 11) is 1.60. The third-order valence-corrected chi connectivity index (χ3v) is 5.63. The summed E-state index contributed by atoms with van der Waals surface area (Å²) in [5.41, 5.74) is 5.17. The highest BCUT2D eigenvalue weighted by molar-refractivity contribution is 5.88. The molecule has 0 fully saturated rings. The second-order valence-electron chi connectivity index (χ2n) is 8.39. The van der Waals surface area contributed by atoms with Gasteiger partial charge in [0.1, 0.15) is 11.8 Å². The Balaban J connectivity index is 1.88. The lowest BCUT2D eigenvalue weighted by Crippen LogP contribution is -2.51. The van der Waals surface area contributed by atoms with Crippen molar-refractivity contribution in [2.45, 2.75) is 39.8 Å². The Bertz CT molecular complexity index is 1100. The normalized spacial score (nSPS) is 11.5. The number of ether oxygens (including phenoxy) is 1. The molecule has 0 radical (unpaired) electrons. The van der Waals surface area contributed by atoms with Crippen LogP contribution in [0.5, 0.6) is 5.75 Å². The molecule has 1 unspecified atom stereocenters. The van der Waals surface area contributed by atoms with Gasteiger partial charge in [-0.25, -0.2) is 0 Å². The van der Waals surface area contributed by atoms with Gasteiger partial charge < -0.3 is 15.0 Å². The van der Waals surface area contributed by atoms with E-state index in [1.807, 2.05) is 93.6 Å². The fraction of sp³-hybridized carbons (Fsp3) is 0.286. The Kier molecular flexibility index (Phi) is 8.25. The maximum absolute atomic E-state index is 13.5. The fourth-order valence-corrected chi connectivity index (χ4v) is 3.91. The number of benzene rings is 3. The largest absolute Gasteiger partial charge is 0.483 e. The molecule has 0 saturated carbocycles. The highest BCUT2D eigenvalue weighted by Gasteiger charge is 2.30. The van der Waals surface area contributed by atoms with Gasteiger partial charge in [0, 0.05) is 20.0 Å². The predicted octanol–water partition coefficient (Wildman–Crippen LogP) is 4.38. The highest BCUT2D eigenvalue weighted by Crippen LogP contribution is 2.20. The maximum Gasteiger partial charge on any atom is 0.261 e. The molecule has 3 aromatic carbocycles. The second-order valence-corrected chi connectivity index (χ2v) is 8.39. The third-order valence-electron chi connectivity index (χ3n) is 5.63. The summed E-state index contributed by atoms with van der Waals surface area (Å²) in [5.74, 6) is 0.233. The molecule has 0 aromatic heterocycles. The van der Waals surface area contributed by atoms with E-state index in [2.05, 4.69) is 5.32 Å². The van der Waals surface area contributed by atoms with Crippen molar-refractivity contribution >= 4 is 11.8 Å². The number of aryl methyl sites for hydroxylation is 3. The number of carbonyl (C=O) groups excluding carboxylic acids is 2. The Morgan fingerprint density at radius 3 is 2.24 bits per heavy atom. The second kappa shape index (κ2) is 11.3. The number of amides is 2. The first-order valence-corrected chi connectivity index (χ1v) is 11.2. The molecule has 0 heterocycles. The van der Waals surface area contributed by atoms with E-state index in [1.165, 1.54) is 0 Å². The Morgan fingerprint density at radius 1 is 0.879 bits per heavy atom. The predicted molar refractivity (Wildman–Crippen MR) is 131 cm³/mol. The first-order valence-electron chi connectivity index (χ1n) is 11.2. The van der Waals surface area contributed by atoms with Crippen LogP contribution in [0.3, 0.4) is 0 Å². The van der Waals surface area contributed by atoms with Crippen LogP contribution in [-0.4, -0.2) is 36.4 Å². The molecule has 0 aliphatic carbocycles. The minimum atomic E-state index is -0.659. The molecule has 0 aliphatic heterocycles. The van der Waals surface area contributed by atoms with Crippen LogP contribution in [0, 0.1) is 20.8 Å². The van der Waals surface area contributed by atoms with Crippen molar-refractivity contribution in [2.24, 2.45) is 0 Å². The van der Waals surface area contributed by atoms with Gasteiger partial charge in [-0.05, 0) is 43.5 Å². The van der Waals surface area contributed by atoms with Gasteiger partial charge in [0.15, 0.2) is 6.61 Å². The summed E-state index contributed by atoms with van der Waals surface area (Å²) in [6.45, 7) is 6.17. The van der Waals surface area contributed by atoms with Crippen LogP contribution in [0.15, 0.2) is 72.8 Å². The zero-order valence-corrected chi connectivity index (χ0v) is 19.8. The highest BCUT2D eigenvalue weighted by atomic mass is 16.5. The smallest absolute Gasteiger partial charge is 0.261 e. The SMILES string of the molecule is CNC(=O)C(Cc1ccccc1)N(Cc1cccc(C)c1)C(=O)COc1ccc(C)cc1C. The average molecular weight is 445 g/mol. The third kappa shape index (κ3) is 6.69. The van der Waals surface area contributed by atoms with Crippen molar-refractivity contribution in [3.63, 3.8) is 0 Å². The van der Waals surface area contributed by atoms with Gasteiger partial charge in [-0.15, -0.1) is 0 Å². The van der Waals surface area contributed by atoms with Crippen LogP contribution in [0.4, 0.5) is 0 Å². The van der Waals surface area contributed by atoms with E-state index in [-0.39, 0.29) is 18.4 Å². The van der Waals surface area contributed by atoms with E-state index < -0.39 is 6.04 Å². The zero-order valence-electron chi connectivity index (χ0n) is 19.8. The van der Waals surface area contributed by atoms with E-state index in [4.69, 9.17) is 4.74 Å². The van der Waals surface area contributed by atoms with Crippen molar-refractivity contribution in [2.75, 3.05) is 13.7 Å². The zero-order chi connectivity index (χ0) is 23.8. The van der Waals surface area contributed by atoms with Crippen LogP contribution in [0.2, 0.25) is 0 Å². The lowest BCUT2D eigenvalue weighted by atomic mass is 10.0. The van der Waals surface area contributed by atoms with Crippen LogP contribution in [-0.2, 0) is 22.6 Å². The van der Waals surface area contributed by atoms with Crippen LogP contribution < -0.4 is 10.1 Å². The van der Waals surface area contributed by atoms with Crippen molar-refractivity contribution in [1.82, 2.24) is 10.2 Å². The molecule has 0 bridgehead atoms. The summed E-state index contributed by atoms with van der Waals surface area (Å²) in [6.07, 6.45) is 0.418. The molecule has 3 aromatic rings. The summed E-state index contributed by atoms with van der Waals surface area (Å²) in [4.78, 5) is 28.0. The van der Waals surface area contributed by atoms with Gasteiger partial charge >= 0.3 is 0 Å². The minimum Gasteiger partial charge on any atom is -0.483 e. The monoisotopic (exact) mass is 444 g/mol. The maximum atomic E-state index is 13.5.